The summed E-state index contributed by atoms with van der Waals surface area (Å²) >= 11 is 0. The molecule has 1 rings (SSSR count). The van der Waals surface area contributed by atoms with Crippen LogP contribution in [0.2, 0.25) is 0 Å². The van der Waals surface area contributed by atoms with Gasteiger partial charge >= 0.3 is 5.97 Å². The molecule has 1 aromatic heterocycles. The first kappa shape index (κ1) is 15.0. The normalized spacial score (nSPS) is 14.8. The predicted molar refractivity (Wildman–Crippen MR) is 62.5 cm³/mol. The molecular formula is C10H17N5O4. The lowest BCUT2D eigenvalue weighted by Crippen LogP contribution is -2.52. The summed E-state index contributed by atoms with van der Waals surface area (Å²) in [5, 5.41) is 21.1. The molecule has 9 heteroatoms. The summed E-state index contributed by atoms with van der Waals surface area (Å²) in [4.78, 5) is 29.1. The highest BCUT2D eigenvalue weighted by Crippen LogP contribution is 2.27. The third-order valence-corrected chi connectivity index (χ3v) is 2.27. The predicted octanol–water partition coefficient (Wildman–Crippen LogP) is -0.302. The molecule has 0 radical (unpaired) electrons. The van der Waals surface area contributed by atoms with Gasteiger partial charge in [0.25, 0.3) is 0 Å². The number of amides is 1. The summed E-state index contributed by atoms with van der Waals surface area (Å²) in [7, 11) is 1.49. The molecule has 0 spiro atoms. The molecule has 0 saturated carbocycles. The van der Waals surface area contributed by atoms with Crippen LogP contribution in [0, 0.1) is 0 Å². The van der Waals surface area contributed by atoms with E-state index in [1.54, 1.807) is 20.8 Å². The molecule has 0 aliphatic carbocycles. The monoisotopic (exact) mass is 271 g/mol. The van der Waals surface area contributed by atoms with E-state index < -0.39 is 17.1 Å². The van der Waals surface area contributed by atoms with E-state index in [2.05, 4.69) is 15.4 Å². The molecule has 0 bridgehead atoms. The Balaban J connectivity index is 3.24. The van der Waals surface area contributed by atoms with Crippen LogP contribution in [0.3, 0.4) is 0 Å². The zero-order chi connectivity index (χ0) is 14.8. The van der Waals surface area contributed by atoms with Crippen molar-refractivity contribution in [3.63, 3.8) is 0 Å². The second-order valence-corrected chi connectivity index (χ2v) is 5.11. The van der Waals surface area contributed by atoms with Gasteiger partial charge in [0.05, 0.1) is 12.6 Å². The Bertz CT molecular complexity index is 481. The van der Waals surface area contributed by atoms with E-state index in [0.717, 1.165) is 4.80 Å². The van der Waals surface area contributed by atoms with Crippen molar-refractivity contribution < 1.29 is 19.5 Å². The number of hydroxylamine groups is 2. The molecule has 9 nitrogen and oxygen atoms in total. The maximum Gasteiger partial charge on any atom is 0.340 e. The number of carbonyl (C=O) groups excluding carboxylic acids is 1. The standard InChI is InChI=1S/C10H17N5O4/c1-9(2,3)19-15(6-16)10(4,8(17)18)7-11-13-14(5)12-7/h6H,1-5H3,(H,17,18). The number of rotatable bonds is 5. The number of hydrogen-bond acceptors (Lipinski definition) is 6. The van der Waals surface area contributed by atoms with Crippen LogP contribution in [0.4, 0.5) is 0 Å². The van der Waals surface area contributed by atoms with Crippen molar-refractivity contribution in [3.05, 3.63) is 5.82 Å². The molecular weight excluding hydrogens is 254 g/mol. The lowest BCUT2D eigenvalue weighted by Gasteiger charge is -2.35. The minimum absolute atomic E-state index is 0.140. The van der Waals surface area contributed by atoms with Crippen LogP contribution in [0.15, 0.2) is 0 Å². The first-order valence-corrected chi connectivity index (χ1v) is 5.53. The van der Waals surface area contributed by atoms with Gasteiger partial charge in [-0.1, -0.05) is 0 Å². The van der Waals surface area contributed by atoms with Gasteiger partial charge in [-0.2, -0.15) is 9.86 Å². The zero-order valence-corrected chi connectivity index (χ0v) is 11.5. The number of aryl methyl sites for hydroxylation is 1. The van der Waals surface area contributed by atoms with Crippen LogP contribution in [-0.4, -0.2) is 48.4 Å². The Hall–Kier alpha value is -2.03. The maximum atomic E-state index is 11.5. The van der Waals surface area contributed by atoms with E-state index in [9.17, 15) is 14.7 Å². The third kappa shape index (κ3) is 3.05. The van der Waals surface area contributed by atoms with Crippen molar-refractivity contribution in [2.24, 2.45) is 7.05 Å². The number of carbonyl (C=O) groups is 2. The van der Waals surface area contributed by atoms with Crippen molar-refractivity contribution in [2.45, 2.75) is 38.8 Å². The van der Waals surface area contributed by atoms with Gasteiger partial charge in [-0.15, -0.1) is 10.2 Å². The summed E-state index contributed by atoms with van der Waals surface area (Å²) in [5.74, 6) is -1.46. The van der Waals surface area contributed by atoms with Crippen LogP contribution < -0.4 is 0 Å². The van der Waals surface area contributed by atoms with Crippen molar-refractivity contribution in [1.29, 1.82) is 0 Å². The van der Waals surface area contributed by atoms with E-state index in [1.165, 1.54) is 14.0 Å². The summed E-state index contributed by atoms with van der Waals surface area (Å²) in [6, 6.07) is 0. The van der Waals surface area contributed by atoms with E-state index in [4.69, 9.17) is 4.84 Å². The molecule has 0 saturated heterocycles. The number of hydrogen-bond donors (Lipinski definition) is 1. The van der Waals surface area contributed by atoms with Crippen molar-refractivity contribution in [2.75, 3.05) is 0 Å². The van der Waals surface area contributed by atoms with Gasteiger partial charge in [0.2, 0.25) is 17.8 Å². The van der Waals surface area contributed by atoms with Gasteiger partial charge in [-0.3, -0.25) is 9.63 Å². The molecule has 1 atom stereocenters. The Morgan fingerprint density at radius 3 is 2.32 bits per heavy atom. The van der Waals surface area contributed by atoms with Gasteiger partial charge < -0.3 is 5.11 Å². The highest BCUT2D eigenvalue weighted by Gasteiger charge is 2.48. The van der Waals surface area contributed by atoms with Crippen LogP contribution >= 0.6 is 0 Å². The largest absolute Gasteiger partial charge is 0.479 e. The Labute approximate surface area is 110 Å². The molecule has 0 aromatic carbocycles. The minimum atomic E-state index is -1.86. The molecule has 106 valence electrons. The van der Waals surface area contributed by atoms with Gasteiger partial charge in [-0.25, -0.2) is 4.79 Å². The fourth-order valence-corrected chi connectivity index (χ4v) is 1.28. The lowest BCUT2D eigenvalue weighted by molar-refractivity contribution is -0.257. The van der Waals surface area contributed by atoms with E-state index in [0.29, 0.717) is 5.06 Å². The summed E-state index contributed by atoms with van der Waals surface area (Å²) in [5.41, 5.74) is -2.61. The van der Waals surface area contributed by atoms with Crippen LogP contribution in [-0.2, 0) is 27.0 Å². The first-order valence-electron chi connectivity index (χ1n) is 5.53. The number of aromatic nitrogens is 4. The number of aliphatic carboxylic acids is 1. The van der Waals surface area contributed by atoms with Gasteiger partial charge in [0.15, 0.2) is 0 Å². The number of nitrogens with zero attached hydrogens (tertiary/aromatic N) is 5. The van der Waals surface area contributed by atoms with Crippen LogP contribution in [0.25, 0.3) is 0 Å². The summed E-state index contributed by atoms with van der Waals surface area (Å²) in [6.45, 7) is 6.34. The molecule has 19 heavy (non-hydrogen) atoms. The fraction of sp³-hybridized carbons (Fsp3) is 0.700. The molecule has 1 unspecified atom stereocenters. The van der Waals surface area contributed by atoms with Gasteiger partial charge in [-0.05, 0) is 32.9 Å². The van der Waals surface area contributed by atoms with E-state index in [-0.39, 0.29) is 12.2 Å². The van der Waals surface area contributed by atoms with Crippen molar-refractivity contribution in [1.82, 2.24) is 25.3 Å². The molecule has 0 aliphatic rings. The topological polar surface area (TPSA) is 110 Å². The summed E-state index contributed by atoms with van der Waals surface area (Å²) in [6.07, 6.45) is 0.287. The Morgan fingerprint density at radius 2 is 2.00 bits per heavy atom. The highest BCUT2D eigenvalue weighted by atomic mass is 16.7. The van der Waals surface area contributed by atoms with E-state index in [1.807, 2.05) is 0 Å². The quantitative estimate of drug-likeness (QED) is 0.578. The second-order valence-electron chi connectivity index (χ2n) is 5.11. The van der Waals surface area contributed by atoms with E-state index >= 15 is 0 Å². The summed E-state index contributed by atoms with van der Waals surface area (Å²) < 4.78 is 0. The number of carboxylic acids is 1. The molecule has 0 fully saturated rings. The molecule has 1 amide bonds. The third-order valence-electron chi connectivity index (χ3n) is 2.27. The lowest BCUT2D eigenvalue weighted by atomic mass is 10.0. The van der Waals surface area contributed by atoms with Crippen molar-refractivity contribution in [3.8, 4) is 0 Å². The van der Waals surface area contributed by atoms with Crippen molar-refractivity contribution >= 4 is 12.4 Å². The smallest absolute Gasteiger partial charge is 0.340 e. The number of tetrazole rings is 1. The fourth-order valence-electron chi connectivity index (χ4n) is 1.28. The molecule has 1 aromatic rings. The van der Waals surface area contributed by atoms with Crippen LogP contribution in [0.5, 0.6) is 0 Å². The molecule has 1 N–H and O–H groups in total. The minimum Gasteiger partial charge on any atom is -0.479 e. The Morgan fingerprint density at radius 1 is 1.42 bits per heavy atom. The number of carboxylic acid groups (broad SMARTS) is 1. The van der Waals surface area contributed by atoms with Gasteiger partial charge in [0.1, 0.15) is 0 Å². The highest BCUT2D eigenvalue weighted by molar-refractivity contribution is 5.81. The SMILES string of the molecule is Cn1nnc(C(C)(C(=O)O)N(C=O)OC(C)(C)C)n1. The first-order chi connectivity index (χ1) is 8.61. The zero-order valence-electron chi connectivity index (χ0n) is 11.5. The second kappa shape index (κ2) is 4.92. The molecule has 0 aliphatic heterocycles. The average Bonchev–Trinajstić information content (AvgIpc) is 2.70. The van der Waals surface area contributed by atoms with Gasteiger partial charge in [0, 0.05) is 0 Å². The maximum absolute atomic E-state index is 11.5. The Kier molecular flexibility index (Phi) is 3.89. The molecule has 1 heterocycles. The average molecular weight is 271 g/mol. The van der Waals surface area contributed by atoms with Crippen LogP contribution in [0.1, 0.15) is 33.5 Å².